The molecule has 2 amide bonds. The van der Waals surface area contributed by atoms with Gasteiger partial charge in [-0.25, -0.2) is 0 Å². The van der Waals surface area contributed by atoms with Gasteiger partial charge in [-0.2, -0.15) is 0 Å². The zero-order chi connectivity index (χ0) is 13.5. The van der Waals surface area contributed by atoms with Crippen LogP contribution in [0.5, 0.6) is 0 Å². The number of hydrogen-bond acceptors (Lipinski definition) is 4. The Morgan fingerprint density at radius 3 is 2.83 bits per heavy atom. The molecule has 6 nitrogen and oxygen atoms in total. The van der Waals surface area contributed by atoms with Crippen molar-refractivity contribution in [2.24, 2.45) is 5.73 Å². The summed E-state index contributed by atoms with van der Waals surface area (Å²) >= 11 is 0. The van der Waals surface area contributed by atoms with Crippen molar-refractivity contribution in [2.75, 3.05) is 13.7 Å². The van der Waals surface area contributed by atoms with Crippen LogP contribution in [0.25, 0.3) is 0 Å². The molecule has 0 spiro atoms. The Morgan fingerprint density at radius 1 is 1.50 bits per heavy atom. The highest BCUT2D eigenvalue weighted by Crippen LogP contribution is 2.06. The SMILES string of the molecule is COCc1cccc(C(=O)NCC(O)C(N)=O)c1. The molecule has 0 bridgehead atoms. The van der Waals surface area contributed by atoms with Crippen molar-refractivity contribution in [1.82, 2.24) is 5.32 Å². The Bertz CT molecular complexity index is 434. The van der Waals surface area contributed by atoms with Crippen LogP contribution in [0, 0.1) is 0 Å². The highest BCUT2D eigenvalue weighted by atomic mass is 16.5. The minimum atomic E-state index is -1.38. The van der Waals surface area contributed by atoms with Crippen molar-refractivity contribution in [2.45, 2.75) is 12.7 Å². The van der Waals surface area contributed by atoms with Gasteiger partial charge in [0.15, 0.2) is 0 Å². The van der Waals surface area contributed by atoms with E-state index in [0.717, 1.165) is 5.56 Å². The Kier molecular flexibility index (Phi) is 5.29. The number of methoxy groups -OCH3 is 1. The molecule has 0 aliphatic rings. The first-order valence-electron chi connectivity index (χ1n) is 5.38. The maximum atomic E-state index is 11.7. The highest BCUT2D eigenvalue weighted by Gasteiger charge is 2.13. The first-order chi connectivity index (χ1) is 8.54. The van der Waals surface area contributed by atoms with E-state index in [4.69, 9.17) is 15.6 Å². The molecule has 0 saturated carbocycles. The van der Waals surface area contributed by atoms with Crippen LogP contribution in [0.4, 0.5) is 0 Å². The molecule has 0 aromatic heterocycles. The molecule has 1 aromatic carbocycles. The van der Waals surface area contributed by atoms with Crippen LogP contribution >= 0.6 is 0 Å². The van der Waals surface area contributed by atoms with Gasteiger partial charge in [-0.15, -0.1) is 0 Å². The van der Waals surface area contributed by atoms with Crippen molar-refractivity contribution < 1.29 is 19.4 Å². The Morgan fingerprint density at radius 2 is 2.22 bits per heavy atom. The number of carbonyl (C=O) groups excluding carboxylic acids is 2. The fraction of sp³-hybridized carbons (Fsp3) is 0.333. The zero-order valence-corrected chi connectivity index (χ0v) is 10.1. The number of aliphatic hydroxyl groups is 1. The second-order valence-corrected chi connectivity index (χ2v) is 3.76. The number of nitrogens with one attached hydrogen (secondary N) is 1. The largest absolute Gasteiger partial charge is 0.381 e. The minimum absolute atomic E-state index is 0.206. The Balaban J connectivity index is 2.61. The number of primary amides is 1. The van der Waals surface area contributed by atoms with Gasteiger partial charge in [0.25, 0.3) is 5.91 Å². The molecule has 98 valence electrons. The molecule has 1 aromatic rings. The average Bonchev–Trinajstić information content (AvgIpc) is 2.36. The molecular weight excluding hydrogens is 236 g/mol. The van der Waals surface area contributed by atoms with Gasteiger partial charge in [-0.1, -0.05) is 12.1 Å². The molecule has 0 heterocycles. The van der Waals surface area contributed by atoms with Crippen LogP contribution < -0.4 is 11.1 Å². The molecule has 0 radical (unpaired) electrons. The van der Waals surface area contributed by atoms with E-state index >= 15 is 0 Å². The van der Waals surface area contributed by atoms with Crippen LogP contribution in [0.2, 0.25) is 0 Å². The number of benzene rings is 1. The minimum Gasteiger partial charge on any atom is -0.381 e. The summed E-state index contributed by atoms with van der Waals surface area (Å²) in [5.41, 5.74) is 6.16. The molecule has 0 fully saturated rings. The molecule has 4 N–H and O–H groups in total. The summed E-state index contributed by atoms with van der Waals surface area (Å²) in [6, 6.07) is 6.87. The third-order valence-electron chi connectivity index (χ3n) is 2.28. The van der Waals surface area contributed by atoms with E-state index in [9.17, 15) is 9.59 Å². The molecule has 0 aliphatic carbocycles. The number of rotatable bonds is 6. The van der Waals surface area contributed by atoms with Crippen molar-refractivity contribution in [3.63, 3.8) is 0 Å². The van der Waals surface area contributed by atoms with Crippen molar-refractivity contribution in [3.8, 4) is 0 Å². The fourth-order valence-corrected chi connectivity index (χ4v) is 1.36. The summed E-state index contributed by atoms with van der Waals surface area (Å²) in [5, 5.41) is 11.6. The number of ether oxygens (including phenoxy) is 1. The lowest BCUT2D eigenvalue weighted by Crippen LogP contribution is -2.39. The van der Waals surface area contributed by atoms with E-state index in [1.807, 2.05) is 6.07 Å². The lowest BCUT2D eigenvalue weighted by Gasteiger charge is -2.09. The highest BCUT2D eigenvalue weighted by molar-refractivity contribution is 5.94. The molecule has 1 rings (SSSR count). The first kappa shape index (κ1) is 14.1. The van der Waals surface area contributed by atoms with Crippen molar-refractivity contribution >= 4 is 11.8 Å². The quantitative estimate of drug-likeness (QED) is 0.629. The van der Waals surface area contributed by atoms with Crippen molar-refractivity contribution in [1.29, 1.82) is 0 Å². The second-order valence-electron chi connectivity index (χ2n) is 3.76. The van der Waals surface area contributed by atoms with Gasteiger partial charge < -0.3 is 20.9 Å². The monoisotopic (exact) mass is 252 g/mol. The summed E-state index contributed by atoms with van der Waals surface area (Å²) in [6.45, 7) is 0.202. The van der Waals surface area contributed by atoms with Gasteiger partial charge in [0.05, 0.1) is 13.2 Å². The van der Waals surface area contributed by atoms with Crippen LogP contribution in [-0.2, 0) is 16.1 Å². The maximum absolute atomic E-state index is 11.7. The Hall–Kier alpha value is -1.92. The summed E-state index contributed by atoms with van der Waals surface area (Å²) < 4.78 is 4.96. The third-order valence-corrected chi connectivity index (χ3v) is 2.28. The molecule has 0 saturated heterocycles. The molecule has 1 unspecified atom stereocenters. The first-order valence-corrected chi connectivity index (χ1v) is 5.38. The van der Waals surface area contributed by atoms with E-state index in [2.05, 4.69) is 5.32 Å². The van der Waals surface area contributed by atoms with Crippen LogP contribution in [0.3, 0.4) is 0 Å². The molecule has 1 atom stereocenters. The van der Waals surface area contributed by atoms with Crippen LogP contribution in [-0.4, -0.2) is 36.7 Å². The predicted octanol–water partition coefficient (Wildman–Crippen LogP) is -0.591. The molecule has 0 aliphatic heterocycles. The van der Waals surface area contributed by atoms with Gasteiger partial charge in [0, 0.05) is 12.7 Å². The number of aliphatic hydroxyl groups excluding tert-OH is 1. The lowest BCUT2D eigenvalue weighted by atomic mass is 10.1. The van der Waals surface area contributed by atoms with E-state index in [1.165, 1.54) is 0 Å². The van der Waals surface area contributed by atoms with Gasteiger partial charge in [-0.05, 0) is 17.7 Å². The third kappa shape index (κ3) is 4.15. The van der Waals surface area contributed by atoms with Gasteiger partial charge in [0.1, 0.15) is 6.10 Å². The molecule has 6 heteroatoms. The van der Waals surface area contributed by atoms with Crippen molar-refractivity contribution in [3.05, 3.63) is 35.4 Å². The number of nitrogens with two attached hydrogens (primary N) is 1. The topological polar surface area (TPSA) is 102 Å². The predicted molar refractivity (Wildman–Crippen MR) is 64.7 cm³/mol. The van der Waals surface area contributed by atoms with Gasteiger partial charge in [-0.3, -0.25) is 9.59 Å². The van der Waals surface area contributed by atoms with Gasteiger partial charge >= 0.3 is 0 Å². The molecular formula is C12H16N2O4. The average molecular weight is 252 g/mol. The summed E-state index contributed by atoms with van der Waals surface area (Å²) in [6.07, 6.45) is -1.38. The Labute approximate surface area is 105 Å². The summed E-state index contributed by atoms with van der Waals surface area (Å²) in [7, 11) is 1.57. The van der Waals surface area contributed by atoms with E-state index in [0.29, 0.717) is 12.2 Å². The van der Waals surface area contributed by atoms with Crippen LogP contribution in [0.15, 0.2) is 24.3 Å². The van der Waals surface area contributed by atoms with E-state index in [-0.39, 0.29) is 12.5 Å². The number of hydrogen-bond donors (Lipinski definition) is 3. The van der Waals surface area contributed by atoms with E-state index in [1.54, 1.807) is 25.3 Å². The van der Waals surface area contributed by atoms with Crippen LogP contribution in [0.1, 0.15) is 15.9 Å². The maximum Gasteiger partial charge on any atom is 0.251 e. The second kappa shape index (κ2) is 6.73. The lowest BCUT2D eigenvalue weighted by molar-refractivity contribution is -0.125. The smallest absolute Gasteiger partial charge is 0.251 e. The summed E-state index contributed by atoms with van der Waals surface area (Å²) in [4.78, 5) is 22.3. The number of carbonyl (C=O) groups is 2. The molecule has 18 heavy (non-hydrogen) atoms. The fourth-order valence-electron chi connectivity index (χ4n) is 1.36. The zero-order valence-electron chi connectivity index (χ0n) is 10.1. The normalized spacial score (nSPS) is 11.9. The standard InChI is InChI=1S/C12H16N2O4/c1-18-7-8-3-2-4-9(5-8)12(17)14-6-10(15)11(13)16/h2-5,10,15H,6-7H2,1H3,(H2,13,16)(H,14,17). The number of amides is 2. The van der Waals surface area contributed by atoms with E-state index < -0.39 is 12.0 Å². The van der Waals surface area contributed by atoms with Gasteiger partial charge in [0.2, 0.25) is 5.91 Å². The summed E-state index contributed by atoms with van der Waals surface area (Å²) in [5.74, 6) is -1.25.